The van der Waals surface area contributed by atoms with E-state index >= 15 is 0 Å². The van der Waals surface area contributed by atoms with Gasteiger partial charge in [0, 0.05) is 11.6 Å². The number of benzene rings is 1. The SMILES string of the molecule is COCCn1c(SCC(=O)OC(C)(C)C)nc2ccc(Br)cc2c1=O. The summed E-state index contributed by atoms with van der Waals surface area (Å²) in [5, 5.41) is 0.995. The summed E-state index contributed by atoms with van der Waals surface area (Å²) in [4.78, 5) is 29.3. The molecule has 0 saturated carbocycles. The molecule has 0 N–H and O–H groups in total. The van der Waals surface area contributed by atoms with Gasteiger partial charge in [0.25, 0.3) is 5.56 Å². The Labute approximate surface area is 159 Å². The maximum absolute atomic E-state index is 12.8. The zero-order valence-electron chi connectivity index (χ0n) is 14.7. The van der Waals surface area contributed by atoms with E-state index in [1.165, 1.54) is 16.3 Å². The molecule has 6 nitrogen and oxygen atoms in total. The quantitative estimate of drug-likeness (QED) is 0.399. The standard InChI is InChI=1S/C17H21BrN2O4S/c1-17(2,3)24-14(21)10-25-16-19-13-6-5-11(18)9-12(13)15(22)20(16)7-8-23-4/h5-6,9H,7-8,10H2,1-4H3. The second kappa shape index (κ2) is 8.33. The van der Waals surface area contributed by atoms with Crippen LogP contribution in [0.4, 0.5) is 0 Å². The number of nitrogens with zero attached hydrogens (tertiary/aromatic N) is 2. The minimum absolute atomic E-state index is 0.0821. The van der Waals surface area contributed by atoms with Crippen molar-refractivity contribution in [3.63, 3.8) is 0 Å². The Kier molecular flexibility index (Phi) is 6.65. The van der Waals surface area contributed by atoms with Crippen LogP contribution in [0.2, 0.25) is 0 Å². The van der Waals surface area contributed by atoms with Crippen molar-refractivity contribution in [3.05, 3.63) is 33.0 Å². The van der Waals surface area contributed by atoms with Crippen molar-refractivity contribution in [2.24, 2.45) is 0 Å². The lowest BCUT2D eigenvalue weighted by molar-refractivity contribution is -0.151. The third kappa shape index (κ3) is 5.55. The predicted octanol–water partition coefficient (Wildman–Crippen LogP) is 3.24. The van der Waals surface area contributed by atoms with E-state index in [9.17, 15) is 9.59 Å². The molecule has 0 bridgehead atoms. The number of fused-ring (bicyclic) bond motifs is 1. The van der Waals surface area contributed by atoms with E-state index in [4.69, 9.17) is 9.47 Å². The van der Waals surface area contributed by atoms with Gasteiger partial charge in [-0.15, -0.1) is 0 Å². The number of thioether (sulfide) groups is 1. The molecule has 0 aliphatic carbocycles. The maximum atomic E-state index is 12.8. The number of carbonyl (C=O) groups excluding carboxylic acids is 1. The first kappa shape index (κ1) is 19.9. The van der Waals surface area contributed by atoms with Crippen molar-refractivity contribution < 1.29 is 14.3 Å². The molecule has 0 amide bonds. The number of hydrogen-bond donors (Lipinski definition) is 0. The lowest BCUT2D eigenvalue weighted by atomic mass is 10.2. The Morgan fingerprint density at radius 3 is 2.72 bits per heavy atom. The Morgan fingerprint density at radius 2 is 2.08 bits per heavy atom. The first-order valence-corrected chi connectivity index (χ1v) is 9.53. The van der Waals surface area contributed by atoms with Crippen LogP contribution in [-0.2, 0) is 20.8 Å². The molecule has 0 radical (unpaired) electrons. The molecule has 1 heterocycles. The van der Waals surface area contributed by atoms with Gasteiger partial charge in [-0.25, -0.2) is 4.98 Å². The third-order valence-electron chi connectivity index (χ3n) is 3.14. The van der Waals surface area contributed by atoms with E-state index in [0.717, 1.165) is 4.47 Å². The first-order valence-electron chi connectivity index (χ1n) is 7.75. The molecule has 0 fully saturated rings. The van der Waals surface area contributed by atoms with E-state index in [2.05, 4.69) is 20.9 Å². The van der Waals surface area contributed by atoms with Crippen molar-refractivity contribution in [2.45, 2.75) is 38.1 Å². The van der Waals surface area contributed by atoms with Gasteiger partial charge >= 0.3 is 5.97 Å². The van der Waals surface area contributed by atoms with Crippen LogP contribution >= 0.6 is 27.7 Å². The van der Waals surface area contributed by atoms with Crippen LogP contribution in [0.15, 0.2) is 32.6 Å². The van der Waals surface area contributed by atoms with Crippen molar-refractivity contribution in [2.75, 3.05) is 19.5 Å². The van der Waals surface area contributed by atoms with E-state index in [1.807, 2.05) is 26.8 Å². The smallest absolute Gasteiger partial charge is 0.316 e. The number of esters is 1. The minimum atomic E-state index is -0.545. The minimum Gasteiger partial charge on any atom is -0.459 e. The predicted molar refractivity (Wildman–Crippen MR) is 102 cm³/mol. The van der Waals surface area contributed by atoms with Crippen molar-refractivity contribution in [3.8, 4) is 0 Å². The second-order valence-corrected chi connectivity index (χ2v) is 8.24. The molecule has 2 aromatic rings. The van der Waals surface area contributed by atoms with E-state index in [-0.39, 0.29) is 17.3 Å². The Hall–Kier alpha value is -1.38. The van der Waals surface area contributed by atoms with Gasteiger partial charge in [-0.2, -0.15) is 0 Å². The summed E-state index contributed by atoms with van der Waals surface area (Å²) >= 11 is 4.56. The van der Waals surface area contributed by atoms with Crippen molar-refractivity contribution in [1.29, 1.82) is 0 Å². The largest absolute Gasteiger partial charge is 0.459 e. The first-order chi connectivity index (χ1) is 11.7. The number of rotatable bonds is 6. The summed E-state index contributed by atoms with van der Waals surface area (Å²) in [5.74, 6) is -0.264. The summed E-state index contributed by atoms with van der Waals surface area (Å²) in [6.45, 7) is 6.19. The Morgan fingerprint density at radius 1 is 1.36 bits per heavy atom. The molecule has 0 unspecified atom stereocenters. The van der Waals surface area contributed by atoms with Gasteiger partial charge in [0.1, 0.15) is 5.60 Å². The third-order valence-corrected chi connectivity index (χ3v) is 4.58. The highest BCUT2D eigenvalue weighted by molar-refractivity contribution is 9.10. The van der Waals surface area contributed by atoms with Crippen LogP contribution in [0.3, 0.4) is 0 Å². The van der Waals surface area contributed by atoms with E-state index in [1.54, 1.807) is 19.2 Å². The maximum Gasteiger partial charge on any atom is 0.316 e. The van der Waals surface area contributed by atoms with Crippen LogP contribution in [0.25, 0.3) is 10.9 Å². The Balaban J connectivity index is 2.35. The van der Waals surface area contributed by atoms with Gasteiger partial charge in [0.05, 0.1) is 29.8 Å². The summed E-state index contributed by atoms with van der Waals surface area (Å²) in [5.41, 5.74) is -0.111. The molecule has 0 atom stereocenters. The van der Waals surface area contributed by atoms with E-state index < -0.39 is 5.60 Å². The molecular weight excluding hydrogens is 408 g/mol. The number of hydrogen-bond acceptors (Lipinski definition) is 6. The fourth-order valence-corrected chi connectivity index (χ4v) is 3.32. The lowest BCUT2D eigenvalue weighted by Gasteiger charge is -2.19. The normalized spacial score (nSPS) is 11.7. The molecule has 0 aliphatic heterocycles. The molecule has 1 aromatic carbocycles. The highest BCUT2D eigenvalue weighted by Crippen LogP contribution is 2.21. The monoisotopic (exact) mass is 428 g/mol. The number of aromatic nitrogens is 2. The summed E-state index contributed by atoms with van der Waals surface area (Å²) < 4.78 is 12.7. The van der Waals surface area contributed by atoms with Gasteiger partial charge in [-0.3, -0.25) is 14.2 Å². The van der Waals surface area contributed by atoms with Crippen LogP contribution in [-0.4, -0.2) is 40.6 Å². The molecule has 2 rings (SSSR count). The zero-order valence-corrected chi connectivity index (χ0v) is 17.1. The fourth-order valence-electron chi connectivity index (χ4n) is 2.16. The average molecular weight is 429 g/mol. The van der Waals surface area contributed by atoms with Crippen molar-refractivity contribution in [1.82, 2.24) is 9.55 Å². The molecule has 0 spiro atoms. The molecule has 0 saturated heterocycles. The summed E-state index contributed by atoms with van der Waals surface area (Å²) in [6.07, 6.45) is 0. The molecule has 0 aliphatic rings. The topological polar surface area (TPSA) is 70.4 Å². The van der Waals surface area contributed by atoms with Crippen LogP contribution in [0.1, 0.15) is 20.8 Å². The summed E-state index contributed by atoms with van der Waals surface area (Å²) in [6, 6.07) is 5.35. The van der Waals surface area contributed by atoms with Crippen LogP contribution in [0, 0.1) is 0 Å². The van der Waals surface area contributed by atoms with Crippen LogP contribution < -0.4 is 5.56 Å². The van der Waals surface area contributed by atoms with E-state index in [0.29, 0.717) is 29.2 Å². The highest BCUT2D eigenvalue weighted by atomic mass is 79.9. The molecule has 1 aromatic heterocycles. The average Bonchev–Trinajstić information content (AvgIpc) is 2.51. The molecular formula is C17H21BrN2O4S. The van der Waals surface area contributed by atoms with Crippen LogP contribution in [0.5, 0.6) is 0 Å². The fraction of sp³-hybridized carbons (Fsp3) is 0.471. The Bertz CT molecular complexity index is 830. The second-order valence-electron chi connectivity index (χ2n) is 6.38. The number of carbonyl (C=O) groups is 1. The van der Waals surface area contributed by atoms with Crippen molar-refractivity contribution >= 4 is 44.6 Å². The number of ether oxygens (including phenoxy) is 2. The summed E-state index contributed by atoms with van der Waals surface area (Å²) in [7, 11) is 1.57. The van der Waals surface area contributed by atoms with Gasteiger partial charge in [-0.05, 0) is 39.0 Å². The highest BCUT2D eigenvalue weighted by Gasteiger charge is 2.18. The van der Waals surface area contributed by atoms with Gasteiger partial charge < -0.3 is 9.47 Å². The number of halogens is 1. The van der Waals surface area contributed by atoms with Gasteiger partial charge in [-0.1, -0.05) is 27.7 Å². The molecule has 8 heteroatoms. The van der Waals surface area contributed by atoms with Gasteiger partial charge in [0.2, 0.25) is 0 Å². The lowest BCUT2D eigenvalue weighted by Crippen LogP contribution is -2.27. The number of methoxy groups -OCH3 is 1. The molecule has 25 heavy (non-hydrogen) atoms. The zero-order chi connectivity index (χ0) is 18.6. The van der Waals surface area contributed by atoms with Gasteiger partial charge in [0.15, 0.2) is 5.16 Å². The molecule has 136 valence electrons.